The fraction of sp³-hybridized carbons (Fsp3) is 0.533. The van der Waals surface area contributed by atoms with Crippen molar-refractivity contribution >= 4 is 21.9 Å². The number of carbonyl (C=O) groups is 1. The molecule has 2 nitrogen and oxygen atoms in total. The van der Waals surface area contributed by atoms with Gasteiger partial charge in [0.2, 0.25) is 0 Å². The van der Waals surface area contributed by atoms with Crippen molar-refractivity contribution in [3.63, 3.8) is 0 Å². The normalized spacial score (nSPS) is 19.2. The van der Waals surface area contributed by atoms with Crippen LogP contribution in [-0.2, 0) is 4.79 Å². The zero-order valence-corrected chi connectivity index (χ0v) is 12.0. The van der Waals surface area contributed by atoms with Gasteiger partial charge in [-0.15, -0.1) is 0 Å². The molecule has 98 valence electrons. The van der Waals surface area contributed by atoms with Crippen LogP contribution in [-0.4, -0.2) is 11.1 Å². The Morgan fingerprint density at radius 2 is 1.67 bits per heavy atom. The lowest BCUT2D eigenvalue weighted by Crippen LogP contribution is -2.21. The number of halogens is 1. The molecule has 1 atom stereocenters. The van der Waals surface area contributed by atoms with Gasteiger partial charge in [-0.05, 0) is 36.5 Å². The summed E-state index contributed by atoms with van der Waals surface area (Å²) in [5, 5.41) is 9.53. The topological polar surface area (TPSA) is 37.3 Å². The predicted octanol–water partition coefficient (Wildman–Crippen LogP) is 4.59. The van der Waals surface area contributed by atoms with Gasteiger partial charge in [-0.2, -0.15) is 0 Å². The zero-order valence-electron chi connectivity index (χ0n) is 10.4. The van der Waals surface area contributed by atoms with E-state index in [1.54, 1.807) is 0 Å². The molecule has 0 heterocycles. The van der Waals surface area contributed by atoms with Gasteiger partial charge in [0, 0.05) is 4.47 Å². The predicted molar refractivity (Wildman–Crippen MR) is 75.7 cm³/mol. The van der Waals surface area contributed by atoms with Crippen LogP contribution in [0.25, 0.3) is 0 Å². The van der Waals surface area contributed by atoms with E-state index in [4.69, 9.17) is 0 Å². The highest BCUT2D eigenvalue weighted by molar-refractivity contribution is 9.10. The molecule has 0 aromatic heterocycles. The van der Waals surface area contributed by atoms with Crippen LogP contribution in [0.2, 0.25) is 0 Å². The summed E-state index contributed by atoms with van der Waals surface area (Å²) in [4.78, 5) is 11.6. The maximum Gasteiger partial charge on any atom is 0.311 e. The molecule has 2 rings (SSSR count). The second-order valence-electron chi connectivity index (χ2n) is 5.12. The van der Waals surface area contributed by atoms with Crippen LogP contribution >= 0.6 is 15.9 Å². The highest BCUT2D eigenvalue weighted by Gasteiger charge is 2.29. The molecule has 0 saturated heterocycles. The van der Waals surface area contributed by atoms with Crippen LogP contribution in [0.1, 0.15) is 50.0 Å². The molecule has 1 fully saturated rings. The molecule has 1 aromatic carbocycles. The van der Waals surface area contributed by atoms with Crippen LogP contribution in [0.5, 0.6) is 0 Å². The van der Waals surface area contributed by atoms with Crippen LogP contribution < -0.4 is 0 Å². The van der Waals surface area contributed by atoms with Crippen molar-refractivity contribution in [2.24, 2.45) is 5.92 Å². The summed E-state index contributed by atoms with van der Waals surface area (Å²) in [5.41, 5.74) is 0.942. The Morgan fingerprint density at radius 3 is 2.17 bits per heavy atom. The van der Waals surface area contributed by atoms with Gasteiger partial charge >= 0.3 is 5.97 Å². The molecule has 1 aromatic rings. The van der Waals surface area contributed by atoms with Gasteiger partial charge in [0.05, 0.1) is 5.92 Å². The fourth-order valence-corrected chi connectivity index (χ4v) is 3.20. The number of hydrogen-bond acceptors (Lipinski definition) is 1. The molecule has 18 heavy (non-hydrogen) atoms. The highest BCUT2D eigenvalue weighted by atomic mass is 79.9. The van der Waals surface area contributed by atoms with Gasteiger partial charge in [0.1, 0.15) is 0 Å². The van der Waals surface area contributed by atoms with Crippen molar-refractivity contribution in [3.05, 3.63) is 34.3 Å². The summed E-state index contributed by atoms with van der Waals surface area (Å²) < 4.78 is 0.997. The first-order valence-corrected chi connectivity index (χ1v) is 7.46. The highest BCUT2D eigenvalue weighted by Crippen LogP contribution is 2.35. The van der Waals surface area contributed by atoms with E-state index in [0.717, 1.165) is 22.9 Å². The fourth-order valence-electron chi connectivity index (χ4n) is 2.93. The standard InChI is InChI=1S/C15H19BrO2/c16-13-9-7-12(8-10-13)14(15(17)18)11-5-3-1-2-4-6-11/h7-11,14H,1-6H2,(H,17,18). The summed E-state index contributed by atoms with van der Waals surface area (Å²) in [6, 6.07) is 7.74. The van der Waals surface area contributed by atoms with Gasteiger partial charge in [-0.3, -0.25) is 4.79 Å². The van der Waals surface area contributed by atoms with Crippen molar-refractivity contribution < 1.29 is 9.90 Å². The third-order valence-corrected chi connectivity index (χ3v) is 4.40. The third kappa shape index (κ3) is 3.35. The summed E-state index contributed by atoms with van der Waals surface area (Å²) >= 11 is 3.39. The first-order chi connectivity index (χ1) is 8.68. The number of benzene rings is 1. The molecular formula is C15H19BrO2. The van der Waals surface area contributed by atoms with E-state index < -0.39 is 5.97 Å². The van der Waals surface area contributed by atoms with Gasteiger partial charge in [0.15, 0.2) is 0 Å². The average Bonchev–Trinajstić information content (AvgIpc) is 2.60. The van der Waals surface area contributed by atoms with E-state index in [-0.39, 0.29) is 5.92 Å². The smallest absolute Gasteiger partial charge is 0.311 e. The first-order valence-electron chi connectivity index (χ1n) is 6.67. The van der Waals surface area contributed by atoms with E-state index >= 15 is 0 Å². The monoisotopic (exact) mass is 310 g/mol. The largest absolute Gasteiger partial charge is 0.481 e. The van der Waals surface area contributed by atoms with Gasteiger partial charge in [-0.1, -0.05) is 53.7 Å². The molecule has 1 unspecified atom stereocenters. The maximum absolute atomic E-state index is 11.6. The summed E-state index contributed by atoms with van der Waals surface area (Å²) in [6.07, 6.45) is 6.95. The van der Waals surface area contributed by atoms with E-state index in [2.05, 4.69) is 15.9 Å². The van der Waals surface area contributed by atoms with Crippen molar-refractivity contribution in [3.8, 4) is 0 Å². The van der Waals surface area contributed by atoms with Crippen molar-refractivity contribution in [2.75, 3.05) is 0 Å². The molecular weight excluding hydrogens is 292 g/mol. The van der Waals surface area contributed by atoms with Gasteiger partial charge in [-0.25, -0.2) is 0 Å². The SMILES string of the molecule is O=C(O)C(c1ccc(Br)cc1)C1CCCCCC1. The van der Waals surface area contributed by atoms with Crippen LogP contribution in [0.4, 0.5) is 0 Å². The van der Waals surface area contributed by atoms with Crippen LogP contribution in [0, 0.1) is 5.92 Å². The van der Waals surface area contributed by atoms with Crippen molar-refractivity contribution in [1.29, 1.82) is 0 Å². The van der Waals surface area contributed by atoms with Crippen LogP contribution in [0.3, 0.4) is 0 Å². The minimum atomic E-state index is -0.677. The van der Waals surface area contributed by atoms with E-state index in [1.807, 2.05) is 24.3 Å². The Hall–Kier alpha value is -0.830. The van der Waals surface area contributed by atoms with Crippen molar-refractivity contribution in [1.82, 2.24) is 0 Å². The number of rotatable bonds is 3. The molecule has 1 N–H and O–H groups in total. The Balaban J connectivity index is 2.21. The lowest BCUT2D eigenvalue weighted by Gasteiger charge is -2.23. The zero-order chi connectivity index (χ0) is 13.0. The minimum Gasteiger partial charge on any atom is -0.481 e. The van der Waals surface area contributed by atoms with Crippen molar-refractivity contribution in [2.45, 2.75) is 44.4 Å². The quantitative estimate of drug-likeness (QED) is 0.829. The third-order valence-electron chi connectivity index (χ3n) is 3.87. The van der Waals surface area contributed by atoms with E-state index in [1.165, 1.54) is 25.7 Å². The Kier molecular flexibility index (Phi) is 4.81. The van der Waals surface area contributed by atoms with Gasteiger partial charge in [0.25, 0.3) is 0 Å². The Morgan fingerprint density at radius 1 is 1.11 bits per heavy atom. The summed E-state index contributed by atoms with van der Waals surface area (Å²) in [5.74, 6) is -0.716. The molecule has 1 saturated carbocycles. The number of hydrogen-bond donors (Lipinski definition) is 1. The molecule has 0 bridgehead atoms. The molecule has 1 aliphatic rings. The summed E-state index contributed by atoms with van der Waals surface area (Å²) in [6.45, 7) is 0. The maximum atomic E-state index is 11.6. The number of carboxylic acids is 1. The number of carboxylic acid groups (broad SMARTS) is 1. The summed E-state index contributed by atoms with van der Waals surface area (Å²) in [7, 11) is 0. The van der Waals surface area contributed by atoms with E-state index in [9.17, 15) is 9.90 Å². The molecule has 1 aliphatic carbocycles. The minimum absolute atomic E-state index is 0.297. The van der Waals surface area contributed by atoms with E-state index in [0.29, 0.717) is 5.92 Å². The molecule has 3 heteroatoms. The molecule has 0 radical (unpaired) electrons. The second kappa shape index (κ2) is 6.37. The first kappa shape index (κ1) is 13.6. The van der Waals surface area contributed by atoms with Crippen LogP contribution in [0.15, 0.2) is 28.7 Å². The lowest BCUT2D eigenvalue weighted by molar-refractivity contribution is -0.140. The lowest BCUT2D eigenvalue weighted by atomic mass is 9.81. The molecule has 0 spiro atoms. The number of aliphatic carboxylic acids is 1. The Labute approximate surface area is 117 Å². The average molecular weight is 311 g/mol. The Bertz CT molecular complexity index is 391. The van der Waals surface area contributed by atoms with Gasteiger partial charge < -0.3 is 5.11 Å². The molecule has 0 aliphatic heterocycles. The second-order valence-corrected chi connectivity index (χ2v) is 6.03. The molecule has 0 amide bonds.